The highest BCUT2D eigenvalue weighted by molar-refractivity contribution is 7.71. The van der Waals surface area contributed by atoms with Gasteiger partial charge in [0.1, 0.15) is 0 Å². The van der Waals surface area contributed by atoms with Crippen LogP contribution in [0.1, 0.15) is 11.1 Å². The normalized spacial score (nSPS) is 11.2. The Bertz CT molecular complexity index is 797. The third-order valence-electron chi connectivity index (χ3n) is 2.90. The fourth-order valence-electron chi connectivity index (χ4n) is 1.87. The van der Waals surface area contributed by atoms with Crippen LogP contribution in [0.15, 0.2) is 46.2 Å². The van der Waals surface area contributed by atoms with Crippen LogP contribution in [0, 0.1) is 11.7 Å². The van der Waals surface area contributed by atoms with E-state index in [1.807, 2.05) is 48.0 Å². The number of hydrogen-bond donors (Lipinski definition) is 1. The van der Waals surface area contributed by atoms with Gasteiger partial charge in [0.05, 0.1) is 6.21 Å². The van der Waals surface area contributed by atoms with E-state index in [9.17, 15) is 0 Å². The summed E-state index contributed by atoms with van der Waals surface area (Å²) in [4.78, 5) is 0. The zero-order valence-corrected chi connectivity index (χ0v) is 12.4. The second-order valence-corrected chi connectivity index (χ2v) is 5.45. The smallest absolute Gasteiger partial charge is 0.216 e. The van der Waals surface area contributed by atoms with Crippen molar-refractivity contribution in [3.8, 4) is 11.4 Å². The van der Waals surface area contributed by atoms with Crippen molar-refractivity contribution >= 4 is 29.8 Å². The molecule has 0 aliphatic carbocycles. The first-order valence-corrected chi connectivity index (χ1v) is 7.41. The third-order valence-corrected chi connectivity index (χ3v) is 3.87. The van der Waals surface area contributed by atoms with Crippen LogP contribution in [0.25, 0.3) is 11.4 Å². The van der Waals surface area contributed by atoms with Crippen molar-refractivity contribution in [3.05, 3.63) is 57.0 Å². The molecule has 1 aromatic carbocycles. The molecule has 0 unspecified atom stereocenters. The summed E-state index contributed by atoms with van der Waals surface area (Å²) in [6.45, 7) is 2.04. The number of H-pyrrole nitrogens is 1. The number of benzene rings is 1. The molecule has 2 aromatic heterocycles. The first-order valence-electron chi connectivity index (χ1n) is 6.05. The van der Waals surface area contributed by atoms with Crippen LogP contribution in [-0.2, 0) is 0 Å². The van der Waals surface area contributed by atoms with Crippen LogP contribution in [0.5, 0.6) is 0 Å². The number of hydrogen-bond acceptors (Lipinski definition) is 4. The van der Waals surface area contributed by atoms with Gasteiger partial charge in [0.25, 0.3) is 0 Å². The molecule has 6 heteroatoms. The molecule has 2 heterocycles. The lowest BCUT2D eigenvalue weighted by Crippen LogP contribution is -1.96. The number of nitrogens with one attached hydrogen (secondary N) is 1. The average molecular weight is 300 g/mol. The first-order chi connectivity index (χ1) is 9.75. The fourth-order valence-corrected chi connectivity index (χ4v) is 2.66. The molecule has 0 aliphatic rings. The van der Waals surface area contributed by atoms with Gasteiger partial charge in [0.15, 0.2) is 5.82 Å². The Balaban J connectivity index is 2.07. The van der Waals surface area contributed by atoms with Crippen molar-refractivity contribution in [2.75, 3.05) is 0 Å². The maximum absolute atomic E-state index is 5.24. The van der Waals surface area contributed by atoms with Gasteiger partial charge in [-0.3, -0.25) is 0 Å². The minimum Gasteiger partial charge on any atom is -0.250 e. The molecular weight excluding hydrogens is 288 g/mol. The number of rotatable bonds is 3. The molecule has 4 nitrogen and oxygen atoms in total. The van der Waals surface area contributed by atoms with E-state index >= 15 is 0 Å². The molecule has 0 bridgehead atoms. The predicted octanol–water partition coefficient (Wildman–Crippen LogP) is 3.86. The number of aromatic amines is 1. The lowest BCUT2D eigenvalue weighted by Gasteiger charge is -2.03. The van der Waals surface area contributed by atoms with Crippen molar-refractivity contribution in [3.63, 3.8) is 0 Å². The molecule has 0 radical (unpaired) electrons. The predicted molar refractivity (Wildman–Crippen MR) is 84.9 cm³/mol. The highest BCUT2D eigenvalue weighted by Gasteiger charge is 2.09. The van der Waals surface area contributed by atoms with Crippen molar-refractivity contribution in [2.45, 2.75) is 6.92 Å². The lowest BCUT2D eigenvalue weighted by molar-refractivity contribution is 0.871. The molecular formula is C14H12N4S2. The number of nitrogens with zero attached hydrogens (tertiary/aromatic N) is 3. The molecule has 20 heavy (non-hydrogen) atoms. The molecule has 3 aromatic rings. The van der Waals surface area contributed by atoms with E-state index in [0.717, 1.165) is 22.5 Å². The molecule has 0 atom stereocenters. The van der Waals surface area contributed by atoms with Gasteiger partial charge < -0.3 is 0 Å². The molecule has 0 saturated carbocycles. The summed E-state index contributed by atoms with van der Waals surface area (Å²) < 4.78 is 2.13. The molecule has 0 amide bonds. The van der Waals surface area contributed by atoms with Gasteiger partial charge in [-0.05, 0) is 41.5 Å². The lowest BCUT2D eigenvalue weighted by atomic mass is 10.1. The van der Waals surface area contributed by atoms with Crippen LogP contribution in [0.2, 0.25) is 0 Å². The first kappa shape index (κ1) is 13.0. The largest absolute Gasteiger partial charge is 0.250 e. The number of thiophene rings is 1. The van der Waals surface area contributed by atoms with Crippen LogP contribution >= 0.6 is 23.6 Å². The van der Waals surface area contributed by atoms with Gasteiger partial charge in [0.2, 0.25) is 4.77 Å². The van der Waals surface area contributed by atoms with E-state index in [1.165, 1.54) is 0 Å². The van der Waals surface area contributed by atoms with E-state index in [-0.39, 0.29) is 0 Å². The molecule has 0 saturated heterocycles. The summed E-state index contributed by atoms with van der Waals surface area (Å²) in [7, 11) is 0. The molecule has 0 aliphatic heterocycles. The van der Waals surface area contributed by atoms with Gasteiger partial charge in [0, 0.05) is 11.1 Å². The van der Waals surface area contributed by atoms with Gasteiger partial charge in [-0.2, -0.15) is 26.2 Å². The standard InChI is InChI=1S/C14H12N4S2/c1-10-4-2-3-5-12(10)13-16-17-14(19)18(13)15-8-11-6-7-20-9-11/h2-9H,1H3,(H,17,19)/b15-8-. The minimum absolute atomic E-state index is 0.481. The Morgan fingerprint density at radius 2 is 2.20 bits per heavy atom. The van der Waals surface area contributed by atoms with Gasteiger partial charge in [-0.15, -0.1) is 0 Å². The average Bonchev–Trinajstić information content (AvgIpc) is 3.07. The molecule has 1 N–H and O–H groups in total. The maximum Gasteiger partial charge on any atom is 0.216 e. The van der Waals surface area contributed by atoms with Crippen molar-refractivity contribution in [1.29, 1.82) is 0 Å². The third kappa shape index (κ3) is 2.48. The van der Waals surface area contributed by atoms with Gasteiger partial charge >= 0.3 is 0 Å². The summed E-state index contributed by atoms with van der Waals surface area (Å²) in [6, 6.07) is 10.0. The highest BCUT2D eigenvalue weighted by atomic mass is 32.1. The van der Waals surface area contributed by atoms with Crippen LogP contribution in [0.3, 0.4) is 0 Å². The van der Waals surface area contributed by atoms with Crippen LogP contribution in [-0.4, -0.2) is 21.1 Å². The quantitative estimate of drug-likeness (QED) is 0.590. The Morgan fingerprint density at radius 3 is 2.95 bits per heavy atom. The Kier molecular flexibility index (Phi) is 3.58. The van der Waals surface area contributed by atoms with E-state index in [1.54, 1.807) is 22.2 Å². The van der Waals surface area contributed by atoms with Crippen LogP contribution in [0.4, 0.5) is 0 Å². The summed E-state index contributed by atoms with van der Waals surface area (Å²) in [5.74, 6) is 0.722. The van der Waals surface area contributed by atoms with E-state index in [2.05, 4.69) is 15.3 Å². The minimum atomic E-state index is 0.481. The zero-order chi connectivity index (χ0) is 13.9. The summed E-state index contributed by atoms with van der Waals surface area (Å²) in [5.41, 5.74) is 3.20. The maximum atomic E-state index is 5.24. The number of aryl methyl sites for hydroxylation is 1. The summed E-state index contributed by atoms with van der Waals surface area (Å²) in [5, 5.41) is 15.5. The summed E-state index contributed by atoms with van der Waals surface area (Å²) in [6.07, 6.45) is 1.78. The topological polar surface area (TPSA) is 46.0 Å². The summed E-state index contributed by atoms with van der Waals surface area (Å²) >= 11 is 6.88. The zero-order valence-electron chi connectivity index (χ0n) is 10.8. The Hall–Kier alpha value is -2.05. The molecule has 0 fully saturated rings. The van der Waals surface area contributed by atoms with E-state index < -0.39 is 0 Å². The SMILES string of the molecule is Cc1ccccc1-c1n[nH]c(=S)n1/N=C\c1ccsc1. The Morgan fingerprint density at radius 1 is 1.35 bits per heavy atom. The van der Waals surface area contributed by atoms with E-state index in [0.29, 0.717) is 4.77 Å². The van der Waals surface area contributed by atoms with Gasteiger partial charge in [-0.1, -0.05) is 24.3 Å². The molecule has 0 spiro atoms. The second kappa shape index (κ2) is 5.52. The van der Waals surface area contributed by atoms with Gasteiger partial charge in [-0.25, -0.2) is 5.10 Å². The molecule has 100 valence electrons. The fraction of sp³-hybridized carbons (Fsp3) is 0.0714. The van der Waals surface area contributed by atoms with Crippen molar-refractivity contribution in [1.82, 2.24) is 14.9 Å². The monoisotopic (exact) mass is 300 g/mol. The highest BCUT2D eigenvalue weighted by Crippen LogP contribution is 2.21. The molecule has 3 rings (SSSR count). The second-order valence-electron chi connectivity index (χ2n) is 4.28. The van der Waals surface area contributed by atoms with Crippen LogP contribution < -0.4 is 0 Å². The number of aromatic nitrogens is 3. The van der Waals surface area contributed by atoms with Crippen molar-refractivity contribution in [2.24, 2.45) is 5.10 Å². The van der Waals surface area contributed by atoms with Crippen molar-refractivity contribution < 1.29 is 0 Å². The van der Waals surface area contributed by atoms with E-state index in [4.69, 9.17) is 12.2 Å². The Labute approximate surface area is 125 Å².